The summed E-state index contributed by atoms with van der Waals surface area (Å²) in [5, 5.41) is 0. The maximum Gasteiger partial charge on any atom is 0.243 e. The molecule has 32 heavy (non-hydrogen) atoms. The van der Waals surface area contributed by atoms with E-state index in [0.717, 1.165) is 42.5 Å². The molecule has 0 aromatic heterocycles. The van der Waals surface area contributed by atoms with Crippen LogP contribution in [0.15, 0.2) is 23.1 Å². The molecule has 8 heteroatoms. The van der Waals surface area contributed by atoms with Crippen LogP contribution in [0.2, 0.25) is 0 Å². The molecule has 1 saturated heterocycles. The third kappa shape index (κ3) is 3.98. The van der Waals surface area contributed by atoms with E-state index in [0.29, 0.717) is 12.8 Å². The molecule has 6 rings (SSSR count). The highest BCUT2D eigenvalue weighted by Gasteiger charge is 2.51. The van der Waals surface area contributed by atoms with Crippen LogP contribution in [-0.4, -0.2) is 50.2 Å². The van der Waals surface area contributed by atoms with Crippen LogP contribution in [0, 0.1) is 40.7 Å². The molecule has 1 aromatic carbocycles. The summed E-state index contributed by atoms with van der Waals surface area (Å²) in [6, 6.07) is 2.64. The Morgan fingerprint density at radius 3 is 2.12 bits per heavy atom. The van der Waals surface area contributed by atoms with E-state index < -0.39 is 21.7 Å². The zero-order valence-corrected chi connectivity index (χ0v) is 19.4. The minimum atomic E-state index is -3.91. The van der Waals surface area contributed by atoms with Crippen molar-refractivity contribution in [3.8, 4) is 0 Å². The molecule has 176 valence electrons. The number of carbonyl (C=O) groups excluding carboxylic acids is 1. The summed E-state index contributed by atoms with van der Waals surface area (Å²) in [7, 11) is -2.00. The molecule has 4 saturated carbocycles. The Balaban J connectivity index is 1.19. The van der Waals surface area contributed by atoms with Gasteiger partial charge in [-0.25, -0.2) is 17.2 Å². The fourth-order valence-corrected chi connectivity index (χ4v) is 8.99. The minimum Gasteiger partial charge on any atom is -0.345 e. The molecule has 5 aliphatic rings. The lowest BCUT2D eigenvalue weighted by molar-refractivity contribution is -0.140. The molecule has 1 aromatic rings. The van der Waals surface area contributed by atoms with Crippen LogP contribution < -0.4 is 0 Å². The highest BCUT2D eigenvalue weighted by molar-refractivity contribution is 7.89. The highest BCUT2D eigenvalue weighted by Crippen LogP contribution is 2.60. The van der Waals surface area contributed by atoms with Crippen LogP contribution in [0.25, 0.3) is 0 Å². The summed E-state index contributed by atoms with van der Waals surface area (Å²) in [6.45, 7) is 1.24. The normalized spacial score (nSPS) is 32.9. The van der Waals surface area contributed by atoms with Gasteiger partial charge in [0.15, 0.2) is 11.6 Å². The number of carbonyl (C=O) groups is 1. The number of piperidine rings is 1. The van der Waals surface area contributed by atoms with Crippen molar-refractivity contribution in [2.45, 2.75) is 56.3 Å². The minimum absolute atomic E-state index is 0.116. The average molecular weight is 467 g/mol. The maximum absolute atomic E-state index is 13.5. The van der Waals surface area contributed by atoms with Crippen molar-refractivity contribution >= 4 is 15.9 Å². The molecule has 1 heterocycles. The largest absolute Gasteiger partial charge is 0.345 e. The van der Waals surface area contributed by atoms with Crippen molar-refractivity contribution in [3.05, 3.63) is 29.8 Å². The fraction of sp³-hybridized carbons (Fsp3) is 0.708. The summed E-state index contributed by atoms with van der Waals surface area (Å²) in [5.41, 5.74) is 0.288. The van der Waals surface area contributed by atoms with E-state index in [-0.39, 0.29) is 35.2 Å². The van der Waals surface area contributed by atoms with Gasteiger partial charge in [0.2, 0.25) is 15.9 Å². The van der Waals surface area contributed by atoms with Gasteiger partial charge in [-0.1, -0.05) is 0 Å². The Morgan fingerprint density at radius 2 is 1.59 bits per heavy atom. The summed E-state index contributed by atoms with van der Waals surface area (Å²) in [5.74, 6) is 0.201. The van der Waals surface area contributed by atoms with E-state index in [1.807, 2.05) is 11.9 Å². The van der Waals surface area contributed by atoms with Crippen molar-refractivity contribution in [2.24, 2.45) is 29.1 Å². The summed E-state index contributed by atoms with van der Waals surface area (Å²) in [6.07, 6.45) is 8.79. The number of hydrogen-bond donors (Lipinski definition) is 0. The Kier molecular flexibility index (Phi) is 5.60. The molecular formula is C24H32F2N2O3S. The standard InChI is InChI=1S/C24H32F2N2O3S/c1-27(15-24-12-16-8-17(13-24)10-18(9-16)14-24)23(29)19-4-6-28(7-5-19)32(30,31)20-2-3-21(25)22(26)11-20/h2-3,11,16-19H,4-10,12-15H2,1H3. The van der Waals surface area contributed by atoms with Gasteiger partial charge >= 0.3 is 0 Å². The van der Waals surface area contributed by atoms with E-state index in [9.17, 15) is 22.0 Å². The van der Waals surface area contributed by atoms with Gasteiger partial charge in [0, 0.05) is 32.6 Å². The first-order valence-corrected chi connectivity index (χ1v) is 13.3. The quantitative estimate of drug-likeness (QED) is 0.658. The first kappa shape index (κ1) is 22.3. The number of halogens is 2. The van der Waals surface area contributed by atoms with Crippen LogP contribution in [0.4, 0.5) is 8.78 Å². The Labute approximate surface area is 189 Å². The SMILES string of the molecule is CN(CC12CC3CC(CC(C3)C1)C2)C(=O)C1CCN(S(=O)(=O)c2ccc(F)c(F)c2)CC1. The van der Waals surface area contributed by atoms with Gasteiger partial charge in [-0.2, -0.15) is 4.31 Å². The molecule has 0 atom stereocenters. The van der Waals surface area contributed by atoms with Crippen molar-refractivity contribution in [1.29, 1.82) is 0 Å². The molecule has 0 N–H and O–H groups in total. The molecule has 0 radical (unpaired) electrons. The lowest BCUT2D eigenvalue weighted by atomic mass is 9.49. The van der Waals surface area contributed by atoms with Crippen LogP contribution >= 0.6 is 0 Å². The third-order valence-electron chi connectivity index (χ3n) is 8.45. The van der Waals surface area contributed by atoms with E-state index in [4.69, 9.17) is 0 Å². The maximum atomic E-state index is 13.5. The van der Waals surface area contributed by atoms with Gasteiger partial charge in [0.25, 0.3) is 0 Å². The average Bonchev–Trinajstić information content (AvgIpc) is 2.74. The van der Waals surface area contributed by atoms with E-state index in [1.165, 1.54) is 42.8 Å². The molecule has 1 aliphatic heterocycles. The molecule has 0 spiro atoms. The molecule has 5 fully saturated rings. The molecule has 4 aliphatic carbocycles. The first-order valence-electron chi connectivity index (χ1n) is 11.9. The lowest BCUT2D eigenvalue weighted by Gasteiger charge is -2.57. The van der Waals surface area contributed by atoms with Crippen molar-refractivity contribution in [1.82, 2.24) is 9.21 Å². The van der Waals surface area contributed by atoms with Crippen molar-refractivity contribution in [2.75, 3.05) is 26.7 Å². The summed E-state index contributed by atoms with van der Waals surface area (Å²) >= 11 is 0. The molecule has 4 bridgehead atoms. The highest BCUT2D eigenvalue weighted by atomic mass is 32.2. The first-order chi connectivity index (χ1) is 15.1. The van der Waals surface area contributed by atoms with Crippen molar-refractivity contribution < 1.29 is 22.0 Å². The Hall–Kier alpha value is -1.54. The predicted octanol–water partition coefficient (Wildman–Crippen LogP) is 4.04. The van der Waals surface area contributed by atoms with Crippen LogP contribution in [0.3, 0.4) is 0 Å². The number of hydrogen-bond acceptors (Lipinski definition) is 3. The van der Waals surface area contributed by atoms with Crippen LogP contribution in [0.1, 0.15) is 51.4 Å². The summed E-state index contributed by atoms with van der Waals surface area (Å²) < 4.78 is 53.6. The van der Waals surface area contributed by atoms with Gasteiger partial charge in [0.05, 0.1) is 4.90 Å². The molecule has 5 nitrogen and oxygen atoms in total. The molecule has 1 amide bonds. The topological polar surface area (TPSA) is 57.7 Å². The Morgan fingerprint density at radius 1 is 1.03 bits per heavy atom. The predicted molar refractivity (Wildman–Crippen MR) is 116 cm³/mol. The van der Waals surface area contributed by atoms with Gasteiger partial charge in [-0.05, 0) is 92.7 Å². The number of amides is 1. The van der Waals surface area contributed by atoms with Gasteiger partial charge in [-0.3, -0.25) is 4.79 Å². The van der Waals surface area contributed by atoms with Gasteiger partial charge < -0.3 is 4.90 Å². The number of benzene rings is 1. The Bertz CT molecular complexity index is 969. The fourth-order valence-electron chi connectivity index (χ4n) is 7.51. The second kappa shape index (κ2) is 8.05. The smallest absolute Gasteiger partial charge is 0.243 e. The van der Waals surface area contributed by atoms with E-state index >= 15 is 0 Å². The lowest BCUT2D eigenvalue weighted by Crippen LogP contribution is -2.52. The second-order valence-electron chi connectivity index (χ2n) is 10.9. The monoisotopic (exact) mass is 466 g/mol. The molecule has 0 unspecified atom stereocenters. The van der Waals surface area contributed by atoms with E-state index in [1.54, 1.807) is 0 Å². The second-order valence-corrected chi connectivity index (χ2v) is 12.8. The number of rotatable bonds is 5. The van der Waals surface area contributed by atoms with Crippen LogP contribution in [-0.2, 0) is 14.8 Å². The van der Waals surface area contributed by atoms with Crippen LogP contribution in [0.5, 0.6) is 0 Å². The third-order valence-corrected chi connectivity index (χ3v) is 10.3. The summed E-state index contributed by atoms with van der Waals surface area (Å²) in [4.78, 5) is 14.9. The van der Waals surface area contributed by atoms with E-state index in [2.05, 4.69) is 0 Å². The number of sulfonamides is 1. The molecular weight excluding hydrogens is 434 g/mol. The van der Waals surface area contributed by atoms with Gasteiger partial charge in [-0.15, -0.1) is 0 Å². The zero-order valence-electron chi connectivity index (χ0n) is 18.6. The number of nitrogens with zero attached hydrogens (tertiary/aromatic N) is 2. The van der Waals surface area contributed by atoms with Crippen molar-refractivity contribution in [3.63, 3.8) is 0 Å². The van der Waals surface area contributed by atoms with Gasteiger partial charge in [0.1, 0.15) is 0 Å². The zero-order chi connectivity index (χ0) is 22.7.